The maximum Gasteiger partial charge on any atom is 0.125 e. The fourth-order valence-corrected chi connectivity index (χ4v) is 2.50. The number of piperazine rings is 1. The van der Waals surface area contributed by atoms with E-state index in [9.17, 15) is 4.39 Å². The van der Waals surface area contributed by atoms with E-state index in [0.717, 1.165) is 31.9 Å². The molecule has 0 saturated carbocycles. The van der Waals surface area contributed by atoms with E-state index in [4.69, 9.17) is 5.73 Å². The summed E-state index contributed by atoms with van der Waals surface area (Å²) >= 11 is 0. The number of nitrogens with two attached hydrogens (primary N) is 1. The summed E-state index contributed by atoms with van der Waals surface area (Å²) in [6.07, 6.45) is 0. The molecule has 0 amide bonds. The minimum absolute atomic E-state index is 0.272. The van der Waals surface area contributed by atoms with Gasteiger partial charge in [0.1, 0.15) is 5.82 Å². The fraction of sp³-hybridized carbons (Fsp3) is 0.538. The van der Waals surface area contributed by atoms with Crippen LogP contribution in [0.15, 0.2) is 18.2 Å². The molecule has 2 N–H and O–H groups in total. The summed E-state index contributed by atoms with van der Waals surface area (Å²) in [4.78, 5) is 4.68. The lowest BCUT2D eigenvalue weighted by Crippen LogP contribution is -2.51. The molecule has 0 radical (unpaired) electrons. The van der Waals surface area contributed by atoms with Crippen LogP contribution in [0.4, 0.5) is 15.8 Å². The number of rotatable bonds is 2. The van der Waals surface area contributed by atoms with Crippen LogP contribution in [0.2, 0.25) is 0 Å². The predicted molar refractivity (Wildman–Crippen MR) is 69.7 cm³/mol. The van der Waals surface area contributed by atoms with Gasteiger partial charge in [-0.25, -0.2) is 4.39 Å². The third-order valence-corrected chi connectivity index (χ3v) is 3.50. The molecule has 1 unspecified atom stereocenters. The van der Waals surface area contributed by atoms with Crippen molar-refractivity contribution in [3.05, 3.63) is 24.0 Å². The van der Waals surface area contributed by atoms with E-state index in [1.165, 1.54) is 12.1 Å². The first-order chi connectivity index (χ1) is 8.11. The first kappa shape index (κ1) is 12.2. The zero-order chi connectivity index (χ0) is 12.4. The summed E-state index contributed by atoms with van der Waals surface area (Å²) in [6.45, 7) is 8.41. The highest BCUT2D eigenvalue weighted by molar-refractivity contribution is 5.67. The van der Waals surface area contributed by atoms with E-state index in [1.807, 2.05) is 0 Å². The zero-order valence-corrected chi connectivity index (χ0v) is 10.5. The quantitative estimate of drug-likeness (QED) is 0.798. The van der Waals surface area contributed by atoms with Gasteiger partial charge in [0.2, 0.25) is 0 Å². The highest BCUT2D eigenvalue weighted by atomic mass is 19.1. The SMILES string of the molecule is CCN1CCN(c2ccc(F)cc2N)CC1C. The molecule has 0 bridgehead atoms. The summed E-state index contributed by atoms with van der Waals surface area (Å²) in [6, 6.07) is 5.16. The molecule has 4 heteroatoms. The van der Waals surface area contributed by atoms with Crippen molar-refractivity contribution in [1.29, 1.82) is 0 Å². The highest BCUT2D eigenvalue weighted by Gasteiger charge is 2.23. The number of nitrogen functional groups attached to an aromatic ring is 1. The van der Waals surface area contributed by atoms with Crippen LogP contribution in [0.1, 0.15) is 13.8 Å². The van der Waals surface area contributed by atoms with E-state index in [0.29, 0.717) is 11.7 Å². The maximum absolute atomic E-state index is 13.0. The second-order valence-corrected chi connectivity index (χ2v) is 4.63. The average molecular weight is 237 g/mol. The minimum atomic E-state index is -0.272. The van der Waals surface area contributed by atoms with E-state index >= 15 is 0 Å². The second kappa shape index (κ2) is 4.92. The van der Waals surface area contributed by atoms with Crippen molar-refractivity contribution in [2.45, 2.75) is 19.9 Å². The Morgan fingerprint density at radius 3 is 2.76 bits per heavy atom. The summed E-state index contributed by atoms with van der Waals surface area (Å²) < 4.78 is 13.0. The summed E-state index contributed by atoms with van der Waals surface area (Å²) in [5.74, 6) is -0.272. The number of nitrogens with zero attached hydrogens (tertiary/aromatic N) is 2. The van der Waals surface area contributed by atoms with Gasteiger partial charge in [-0.3, -0.25) is 4.90 Å². The topological polar surface area (TPSA) is 32.5 Å². The zero-order valence-electron chi connectivity index (χ0n) is 10.5. The van der Waals surface area contributed by atoms with Crippen molar-refractivity contribution in [3.63, 3.8) is 0 Å². The summed E-state index contributed by atoms with van der Waals surface area (Å²) in [5, 5.41) is 0. The molecule has 2 rings (SSSR count). The monoisotopic (exact) mass is 237 g/mol. The molecule has 17 heavy (non-hydrogen) atoms. The Bertz CT molecular complexity index is 394. The van der Waals surface area contributed by atoms with Crippen LogP contribution in [-0.4, -0.2) is 37.1 Å². The predicted octanol–water partition coefficient (Wildman–Crippen LogP) is 1.94. The van der Waals surface area contributed by atoms with Crippen molar-refractivity contribution >= 4 is 11.4 Å². The number of anilines is 2. The molecule has 1 aromatic carbocycles. The van der Waals surface area contributed by atoms with Gasteiger partial charge in [-0.1, -0.05) is 6.92 Å². The van der Waals surface area contributed by atoms with Gasteiger partial charge in [-0.2, -0.15) is 0 Å². The molecule has 0 aromatic heterocycles. The lowest BCUT2D eigenvalue weighted by molar-refractivity contribution is 0.199. The molecule has 1 aromatic rings. The maximum atomic E-state index is 13.0. The first-order valence-electron chi connectivity index (χ1n) is 6.16. The molecular formula is C13H20FN3. The number of likely N-dealkylation sites (N-methyl/N-ethyl adjacent to an activating group) is 1. The van der Waals surface area contributed by atoms with Crippen molar-refractivity contribution < 1.29 is 4.39 Å². The standard InChI is InChI=1S/C13H20FN3/c1-3-16-6-7-17(9-10(16)2)13-5-4-11(14)8-12(13)15/h4-5,8,10H,3,6-7,9,15H2,1-2H3. The van der Waals surface area contributed by atoms with Crippen LogP contribution in [0, 0.1) is 5.82 Å². The average Bonchev–Trinajstić information content (AvgIpc) is 2.29. The lowest BCUT2D eigenvalue weighted by Gasteiger charge is -2.40. The van der Waals surface area contributed by atoms with Crippen molar-refractivity contribution in [3.8, 4) is 0 Å². The number of hydrogen-bond donors (Lipinski definition) is 1. The van der Waals surface area contributed by atoms with Gasteiger partial charge in [-0.05, 0) is 31.7 Å². The highest BCUT2D eigenvalue weighted by Crippen LogP contribution is 2.26. The number of halogens is 1. The van der Waals surface area contributed by atoms with Crippen molar-refractivity contribution in [2.24, 2.45) is 0 Å². The Morgan fingerprint density at radius 2 is 2.18 bits per heavy atom. The van der Waals surface area contributed by atoms with Gasteiger partial charge >= 0.3 is 0 Å². The lowest BCUT2D eigenvalue weighted by atomic mass is 10.1. The molecule has 1 saturated heterocycles. The van der Waals surface area contributed by atoms with E-state index in [-0.39, 0.29) is 5.82 Å². The third-order valence-electron chi connectivity index (χ3n) is 3.50. The largest absolute Gasteiger partial charge is 0.397 e. The van der Waals surface area contributed by atoms with Crippen LogP contribution in [-0.2, 0) is 0 Å². The Balaban J connectivity index is 2.14. The molecule has 1 atom stereocenters. The van der Waals surface area contributed by atoms with Gasteiger partial charge < -0.3 is 10.6 Å². The number of benzene rings is 1. The molecule has 1 aliphatic heterocycles. The molecule has 1 heterocycles. The van der Waals surface area contributed by atoms with Crippen molar-refractivity contribution in [2.75, 3.05) is 36.8 Å². The second-order valence-electron chi connectivity index (χ2n) is 4.63. The molecule has 3 nitrogen and oxygen atoms in total. The Labute approximate surface area is 102 Å². The van der Waals surface area contributed by atoms with Gasteiger partial charge in [-0.15, -0.1) is 0 Å². The Morgan fingerprint density at radius 1 is 1.41 bits per heavy atom. The van der Waals surface area contributed by atoms with Crippen molar-refractivity contribution in [1.82, 2.24) is 4.90 Å². The number of hydrogen-bond acceptors (Lipinski definition) is 3. The molecular weight excluding hydrogens is 217 g/mol. The fourth-order valence-electron chi connectivity index (χ4n) is 2.50. The van der Waals surface area contributed by atoms with E-state index < -0.39 is 0 Å². The summed E-state index contributed by atoms with van der Waals surface area (Å²) in [5.41, 5.74) is 7.35. The molecule has 0 aliphatic carbocycles. The van der Waals surface area contributed by atoms with Gasteiger partial charge in [0.25, 0.3) is 0 Å². The van der Waals surface area contributed by atoms with E-state index in [1.54, 1.807) is 6.07 Å². The summed E-state index contributed by atoms with van der Waals surface area (Å²) in [7, 11) is 0. The molecule has 1 fully saturated rings. The van der Waals surface area contributed by atoms with Gasteiger partial charge in [0.05, 0.1) is 11.4 Å². The molecule has 0 spiro atoms. The first-order valence-corrected chi connectivity index (χ1v) is 6.16. The molecule has 1 aliphatic rings. The van der Waals surface area contributed by atoms with E-state index in [2.05, 4.69) is 23.6 Å². The van der Waals surface area contributed by atoms with Crippen LogP contribution in [0.3, 0.4) is 0 Å². The Kier molecular flexibility index (Phi) is 3.52. The molecule has 94 valence electrons. The third kappa shape index (κ3) is 2.52. The van der Waals surface area contributed by atoms with Crippen LogP contribution < -0.4 is 10.6 Å². The smallest absolute Gasteiger partial charge is 0.125 e. The van der Waals surface area contributed by atoms with Gasteiger partial charge in [0.15, 0.2) is 0 Å². The van der Waals surface area contributed by atoms with Crippen LogP contribution in [0.25, 0.3) is 0 Å². The minimum Gasteiger partial charge on any atom is -0.397 e. The normalized spacial score (nSPS) is 21.8. The van der Waals surface area contributed by atoms with Crippen LogP contribution >= 0.6 is 0 Å². The van der Waals surface area contributed by atoms with Gasteiger partial charge in [0, 0.05) is 25.7 Å². The van der Waals surface area contributed by atoms with Crippen LogP contribution in [0.5, 0.6) is 0 Å². The Hall–Kier alpha value is -1.29.